The molecule has 1 aromatic carbocycles. The lowest BCUT2D eigenvalue weighted by molar-refractivity contribution is 0.122. The minimum Gasteiger partial charge on any atom is -0.378 e. The highest BCUT2D eigenvalue weighted by Gasteiger charge is 2.13. The van der Waals surface area contributed by atoms with Crippen LogP contribution in [0.2, 0.25) is 0 Å². The van der Waals surface area contributed by atoms with E-state index in [2.05, 4.69) is 36.9 Å². The average molecular weight is 320 g/mol. The Hall–Kier alpha value is -1.46. The van der Waals surface area contributed by atoms with Gasteiger partial charge in [-0.15, -0.1) is 0 Å². The van der Waals surface area contributed by atoms with Crippen molar-refractivity contribution < 1.29 is 4.74 Å². The van der Waals surface area contributed by atoms with Crippen LogP contribution in [0.4, 0.5) is 5.95 Å². The Morgan fingerprint density at radius 1 is 1.05 bits per heavy atom. The molecule has 0 saturated carbocycles. The van der Waals surface area contributed by atoms with Crippen molar-refractivity contribution >= 4 is 21.9 Å². The van der Waals surface area contributed by atoms with Gasteiger partial charge in [-0.2, -0.15) is 0 Å². The molecule has 4 nitrogen and oxygen atoms in total. The van der Waals surface area contributed by atoms with Crippen LogP contribution in [0.5, 0.6) is 0 Å². The largest absolute Gasteiger partial charge is 0.378 e. The van der Waals surface area contributed by atoms with Crippen molar-refractivity contribution in [3.8, 4) is 11.1 Å². The molecule has 0 radical (unpaired) electrons. The van der Waals surface area contributed by atoms with Crippen molar-refractivity contribution in [1.82, 2.24) is 9.97 Å². The number of benzene rings is 1. The maximum Gasteiger partial charge on any atom is 0.225 e. The Bertz CT molecular complexity index is 553. The first-order valence-corrected chi connectivity index (χ1v) is 7.03. The molecular formula is C14H14BrN3O. The molecule has 2 aromatic rings. The number of halogens is 1. The maximum atomic E-state index is 5.33. The summed E-state index contributed by atoms with van der Waals surface area (Å²) in [6.45, 7) is 3.20. The summed E-state index contributed by atoms with van der Waals surface area (Å²) < 4.78 is 6.38. The van der Waals surface area contributed by atoms with Crippen molar-refractivity contribution in [1.29, 1.82) is 0 Å². The summed E-state index contributed by atoms with van der Waals surface area (Å²) in [5.41, 5.74) is 2.13. The van der Waals surface area contributed by atoms with E-state index in [4.69, 9.17) is 4.74 Å². The van der Waals surface area contributed by atoms with Crippen LogP contribution in [0.15, 0.2) is 41.1 Å². The molecule has 0 spiro atoms. The molecule has 0 bridgehead atoms. The van der Waals surface area contributed by atoms with Crippen molar-refractivity contribution in [2.24, 2.45) is 0 Å². The summed E-state index contributed by atoms with van der Waals surface area (Å²) >= 11 is 3.55. The van der Waals surface area contributed by atoms with E-state index in [9.17, 15) is 0 Å². The molecule has 1 aliphatic heterocycles. The fourth-order valence-corrected chi connectivity index (χ4v) is 2.60. The number of nitrogens with zero attached hydrogens (tertiary/aromatic N) is 3. The van der Waals surface area contributed by atoms with Gasteiger partial charge in [-0.1, -0.05) is 34.1 Å². The molecule has 3 rings (SSSR count). The van der Waals surface area contributed by atoms with Crippen molar-refractivity contribution in [3.05, 3.63) is 41.1 Å². The molecule has 2 heterocycles. The molecule has 0 atom stereocenters. The zero-order chi connectivity index (χ0) is 13.1. The third kappa shape index (κ3) is 2.77. The van der Waals surface area contributed by atoms with Crippen LogP contribution in [-0.4, -0.2) is 36.3 Å². The summed E-state index contributed by atoms with van der Waals surface area (Å²) in [7, 11) is 0. The first-order valence-electron chi connectivity index (χ1n) is 6.24. The smallest absolute Gasteiger partial charge is 0.225 e. The summed E-state index contributed by atoms with van der Waals surface area (Å²) in [6.07, 6.45) is 3.75. The van der Waals surface area contributed by atoms with Crippen molar-refractivity contribution in [2.75, 3.05) is 31.2 Å². The second-order valence-electron chi connectivity index (χ2n) is 4.35. The van der Waals surface area contributed by atoms with Gasteiger partial charge < -0.3 is 9.64 Å². The van der Waals surface area contributed by atoms with Crippen molar-refractivity contribution in [2.45, 2.75) is 0 Å². The minimum absolute atomic E-state index is 0.745. The molecule has 0 unspecified atom stereocenters. The zero-order valence-electron chi connectivity index (χ0n) is 10.4. The van der Waals surface area contributed by atoms with Gasteiger partial charge in [-0.3, -0.25) is 0 Å². The number of hydrogen-bond donors (Lipinski definition) is 0. The zero-order valence-corrected chi connectivity index (χ0v) is 12.0. The number of rotatable bonds is 2. The van der Waals surface area contributed by atoms with Gasteiger partial charge in [0.25, 0.3) is 0 Å². The van der Waals surface area contributed by atoms with Gasteiger partial charge in [0.2, 0.25) is 5.95 Å². The standard InChI is InChI=1S/C14H14BrN3O/c15-13-4-2-1-3-12(13)11-9-16-14(17-10-11)18-5-7-19-8-6-18/h1-4,9-10H,5-8H2. The Kier molecular flexibility index (Phi) is 3.75. The van der Waals surface area contributed by atoms with E-state index < -0.39 is 0 Å². The first kappa shape index (κ1) is 12.6. The van der Waals surface area contributed by atoms with Crippen LogP contribution in [0.25, 0.3) is 11.1 Å². The van der Waals surface area contributed by atoms with Gasteiger partial charge in [-0.05, 0) is 11.6 Å². The SMILES string of the molecule is Brc1ccccc1-c1cnc(N2CCOCC2)nc1. The summed E-state index contributed by atoms with van der Waals surface area (Å²) in [6, 6.07) is 8.08. The van der Waals surface area contributed by atoms with Gasteiger partial charge in [0.15, 0.2) is 0 Å². The minimum atomic E-state index is 0.745. The summed E-state index contributed by atoms with van der Waals surface area (Å²) in [5, 5.41) is 0. The highest BCUT2D eigenvalue weighted by molar-refractivity contribution is 9.10. The molecular weight excluding hydrogens is 306 g/mol. The topological polar surface area (TPSA) is 38.2 Å². The number of hydrogen-bond acceptors (Lipinski definition) is 4. The highest BCUT2D eigenvalue weighted by atomic mass is 79.9. The van der Waals surface area contributed by atoms with Gasteiger partial charge >= 0.3 is 0 Å². The molecule has 0 N–H and O–H groups in total. The molecule has 0 aliphatic carbocycles. The van der Waals surface area contributed by atoms with E-state index in [1.807, 2.05) is 30.6 Å². The molecule has 1 fully saturated rings. The molecule has 1 aliphatic rings. The fourth-order valence-electron chi connectivity index (χ4n) is 2.08. The molecule has 98 valence electrons. The average Bonchev–Trinajstić information content (AvgIpc) is 2.49. The van der Waals surface area contributed by atoms with E-state index in [1.54, 1.807) is 0 Å². The van der Waals surface area contributed by atoms with Crippen molar-refractivity contribution in [3.63, 3.8) is 0 Å². The molecule has 19 heavy (non-hydrogen) atoms. The lowest BCUT2D eigenvalue weighted by atomic mass is 10.1. The normalized spacial score (nSPS) is 15.5. The summed E-state index contributed by atoms with van der Waals surface area (Å²) in [4.78, 5) is 11.1. The third-order valence-electron chi connectivity index (χ3n) is 3.12. The number of morpholine rings is 1. The quantitative estimate of drug-likeness (QED) is 0.853. The Balaban J connectivity index is 1.84. The van der Waals surface area contributed by atoms with E-state index >= 15 is 0 Å². The number of anilines is 1. The Morgan fingerprint density at radius 2 is 1.74 bits per heavy atom. The first-order chi connectivity index (χ1) is 9.34. The molecule has 5 heteroatoms. The molecule has 1 saturated heterocycles. The Morgan fingerprint density at radius 3 is 2.42 bits per heavy atom. The molecule has 1 aromatic heterocycles. The number of aromatic nitrogens is 2. The van der Waals surface area contributed by atoms with E-state index in [-0.39, 0.29) is 0 Å². The van der Waals surface area contributed by atoms with Crippen LogP contribution >= 0.6 is 15.9 Å². The van der Waals surface area contributed by atoms with E-state index in [1.165, 1.54) is 0 Å². The van der Waals surface area contributed by atoms with Crippen LogP contribution in [0.1, 0.15) is 0 Å². The van der Waals surface area contributed by atoms with E-state index in [0.717, 1.165) is 47.9 Å². The van der Waals surface area contributed by atoms with Gasteiger partial charge in [-0.25, -0.2) is 9.97 Å². The van der Waals surface area contributed by atoms with Gasteiger partial charge in [0.1, 0.15) is 0 Å². The van der Waals surface area contributed by atoms with Gasteiger partial charge in [0, 0.05) is 35.5 Å². The second kappa shape index (κ2) is 5.67. The van der Waals surface area contributed by atoms with Crippen LogP contribution < -0.4 is 4.90 Å². The lowest BCUT2D eigenvalue weighted by Crippen LogP contribution is -2.37. The van der Waals surface area contributed by atoms with Gasteiger partial charge in [0.05, 0.1) is 13.2 Å². The molecule has 0 amide bonds. The third-order valence-corrected chi connectivity index (χ3v) is 3.81. The highest BCUT2D eigenvalue weighted by Crippen LogP contribution is 2.27. The predicted molar refractivity (Wildman–Crippen MR) is 78.2 cm³/mol. The van der Waals surface area contributed by atoms with E-state index in [0.29, 0.717) is 0 Å². The monoisotopic (exact) mass is 319 g/mol. The van der Waals surface area contributed by atoms with Crippen LogP contribution in [0.3, 0.4) is 0 Å². The predicted octanol–water partition coefficient (Wildman–Crippen LogP) is 2.74. The maximum absolute atomic E-state index is 5.33. The van der Waals surface area contributed by atoms with Crippen LogP contribution in [-0.2, 0) is 4.74 Å². The Labute approximate surface area is 120 Å². The fraction of sp³-hybridized carbons (Fsp3) is 0.286. The van der Waals surface area contributed by atoms with Crippen LogP contribution in [0, 0.1) is 0 Å². The number of ether oxygens (including phenoxy) is 1. The lowest BCUT2D eigenvalue weighted by Gasteiger charge is -2.26. The summed E-state index contributed by atoms with van der Waals surface area (Å²) in [5.74, 6) is 0.777. The second-order valence-corrected chi connectivity index (χ2v) is 5.21.